The van der Waals surface area contributed by atoms with Crippen LogP contribution in [-0.4, -0.2) is 19.6 Å². The van der Waals surface area contributed by atoms with Crippen LogP contribution in [0.4, 0.5) is 5.69 Å². The van der Waals surface area contributed by atoms with E-state index in [1.807, 2.05) is 19.1 Å². The molecule has 0 aliphatic heterocycles. The number of methoxy groups -OCH3 is 1. The number of halogens is 1. The van der Waals surface area contributed by atoms with Crippen LogP contribution >= 0.6 is 15.9 Å². The highest BCUT2D eigenvalue weighted by molar-refractivity contribution is 9.10. The topological polar surface area (TPSA) is 47.6 Å². The molecule has 5 heteroatoms. The van der Waals surface area contributed by atoms with E-state index in [9.17, 15) is 4.79 Å². The van der Waals surface area contributed by atoms with Gasteiger partial charge in [-0.1, -0.05) is 6.58 Å². The van der Waals surface area contributed by atoms with E-state index in [4.69, 9.17) is 9.47 Å². The minimum absolute atomic E-state index is 0.191. The Morgan fingerprint density at radius 2 is 1.91 bits per heavy atom. The van der Waals surface area contributed by atoms with Crippen LogP contribution in [0.1, 0.15) is 17.3 Å². The van der Waals surface area contributed by atoms with Crippen LogP contribution in [0, 0.1) is 0 Å². The smallest absolute Gasteiger partial charge is 0.255 e. The van der Waals surface area contributed by atoms with Crippen molar-refractivity contribution in [2.45, 2.75) is 6.92 Å². The quantitative estimate of drug-likeness (QED) is 0.746. The molecule has 0 saturated heterocycles. The van der Waals surface area contributed by atoms with Gasteiger partial charge in [0.1, 0.15) is 18.1 Å². The number of benzene rings is 2. The maximum absolute atomic E-state index is 12.3. The molecule has 23 heavy (non-hydrogen) atoms. The standard InChI is InChI=1S/C18H18BrNO3/c1-12(2)11-23-15-7-5-14(6-8-15)20-18(21)13-4-9-17(22-3)16(19)10-13/h4-10H,1,11H2,2-3H3,(H,20,21). The zero-order valence-corrected chi connectivity index (χ0v) is 14.6. The number of anilines is 1. The minimum atomic E-state index is -0.191. The summed E-state index contributed by atoms with van der Waals surface area (Å²) in [6.07, 6.45) is 0. The third-order valence-electron chi connectivity index (χ3n) is 3.01. The minimum Gasteiger partial charge on any atom is -0.496 e. The van der Waals surface area contributed by atoms with Crippen molar-refractivity contribution in [1.29, 1.82) is 0 Å². The Balaban J connectivity index is 2.02. The molecule has 0 fully saturated rings. The molecule has 0 spiro atoms. The first-order chi connectivity index (χ1) is 11.0. The Bertz CT molecular complexity index is 711. The molecule has 1 N–H and O–H groups in total. The molecule has 0 radical (unpaired) electrons. The number of hydrogen-bond acceptors (Lipinski definition) is 3. The summed E-state index contributed by atoms with van der Waals surface area (Å²) in [4.78, 5) is 12.3. The number of rotatable bonds is 6. The third kappa shape index (κ3) is 4.86. The van der Waals surface area contributed by atoms with Crippen molar-refractivity contribution in [3.05, 3.63) is 64.7 Å². The Morgan fingerprint density at radius 1 is 1.22 bits per heavy atom. The predicted molar refractivity (Wildman–Crippen MR) is 95.4 cm³/mol. The van der Waals surface area contributed by atoms with Crippen LogP contribution in [0.3, 0.4) is 0 Å². The van der Waals surface area contributed by atoms with E-state index < -0.39 is 0 Å². The van der Waals surface area contributed by atoms with Crippen molar-refractivity contribution in [1.82, 2.24) is 0 Å². The molecule has 2 rings (SSSR count). The van der Waals surface area contributed by atoms with Crippen LogP contribution in [-0.2, 0) is 0 Å². The lowest BCUT2D eigenvalue weighted by Gasteiger charge is -2.09. The first kappa shape index (κ1) is 17.1. The van der Waals surface area contributed by atoms with Gasteiger partial charge in [0.05, 0.1) is 11.6 Å². The molecule has 4 nitrogen and oxygen atoms in total. The second kappa shape index (κ2) is 7.83. The Labute approximate surface area is 144 Å². The van der Waals surface area contributed by atoms with Gasteiger partial charge in [0.25, 0.3) is 5.91 Å². The van der Waals surface area contributed by atoms with E-state index in [0.717, 1.165) is 15.8 Å². The van der Waals surface area contributed by atoms with Gasteiger partial charge in [-0.2, -0.15) is 0 Å². The van der Waals surface area contributed by atoms with Gasteiger partial charge in [-0.25, -0.2) is 0 Å². The lowest BCUT2D eigenvalue weighted by Crippen LogP contribution is -2.11. The summed E-state index contributed by atoms with van der Waals surface area (Å²) in [5.74, 6) is 1.22. The summed E-state index contributed by atoms with van der Waals surface area (Å²) in [5, 5.41) is 2.84. The molecule has 1 amide bonds. The molecular weight excluding hydrogens is 358 g/mol. The molecule has 0 aromatic heterocycles. The van der Waals surface area contributed by atoms with Crippen molar-refractivity contribution in [2.75, 3.05) is 19.0 Å². The highest BCUT2D eigenvalue weighted by Gasteiger charge is 2.09. The Kier molecular flexibility index (Phi) is 5.82. The van der Waals surface area contributed by atoms with Gasteiger partial charge in [-0.15, -0.1) is 0 Å². The van der Waals surface area contributed by atoms with E-state index in [0.29, 0.717) is 23.6 Å². The van der Waals surface area contributed by atoms with E-state index >= 15 is 0 Å². The average molecular weight is 376 g/mol. The predicted octanol–water partition coefficient (Wildman–Crippen LogP) is 4.66. The van der Waals surface area contributed by atoms with Gasteiger partial charge in [0, 0.05) is 11.3 Å². The van der Waals surface area contributed by atoms with Crippen molar-refractivity contribution >= 4 is 27.5 Å². The monoisotopic (exact) mass is 375 g/mol. The van der Waals surface area contributed by atoms with Gasteiger partial charge < -0.3 is 14.8 Å². The zero-order valence-electron chi connectivity index (χ0n) is 13.1. The van der Waals surface area contributed by atoms with E-state index in [1.165, 1.54) is 0 Å². The fourth-order valence-electron chi connectivity index (χ4n) is 1.85. The molecule has 0 heterocycles. The third-order valence-corrected chi connectivity index (χ3v) is 3.63. The lowest BCUT2D eigenvalue weighted by molar-refractivity contribution is 0.102. The van der Waals surface area contributed by atoms with Crippen LogP contribution in [0.15, 0.2) is 59.1 Å². The largest absolute Gasteiger partial charge is 0.496 e. The van der Waals surface area contributed by atoms with E-state index in [1.54, 1.807) is 37.4 Å². The van der Waals surface area contributed by atoms with Gasteiger partial charge in [0.15, 0.2) is 0 Å². The molecule has 0 atom stereocenters. The summed E-state index contributed by atoms with van der Waals surface area (Å²) in [5.41, 5.74) is 2.19. The zero-order chi connectivity index (χ0) is 16.8. The summed E-state index contributed by atoms with van der Waals surface area (Å²) in [6, 6.07) is 12.4. The second-order valence-corrected chi connectivity index (χ2v) is 5.93. The van der Waals surface area contributed by atoms with Crippen molar-refractivity contribution in [3.8, 4) is 11.5 Å². The van der Waals surface area contributed by atoms with Crippen molar-refractivity contribution in [3.63, 3.8) is 0 Å². The molecule has 0 saturated carbocycles. The average Bonchev–Trinajstić information content (AvgIpc) is 2.54. The van der Waals surface area contributed by atoms with Crippen LogP contribution in [0.5, 0.6) is 11.5 Å². The molecule has 120 valence electrons. The number of nitrogens with one attached hydrogen (secondary N) is 1. The summed E-state index contributed by atoms with van der Waals surface area (Å²) >= 11 is 3.37. The van der Waals surface area contributed by atoms with E-state index in [2.05, 4.69) is 27.8 Å². The Morgan fingerprint density at radius 3 is 2.48 bits per heavy atom. The summed E-state index contributed by atoms with van der Waals surface area (Å²) in [7, 11) is 1.58. The number of ether oxygens (including phenoxy) is 2. The molecule has 0 unspecified atom stereocenters. The number of amides is 1. The summed E-state index contributed by atoms with van der Waals surface area (Å²) < 4.78 is 11.4. The highest BCUT2D eigenvalue weighted by Crippen LogP contribution is 2.26. The molecule has 0 bridgehead atoms. The number of carbonyl (C=O) groups excluding carboxylic acids is 1. The SMILES string of the molecule is C=C(C)COc1ccc(NC(=O)c2ccc(OC)c(Br)c2)cc1. The number of carbonyl (C=O) groups is 1. The fraction of sp³-hybridized carbons (Fsp3) is 0.167. The van der Waals surface area contributed by atoms with E-state index in [-0.39, 0.29) is 5.91 Å². The molecule has 0 aliphatic carbocycles. The molecule has 2 aromatic carbocycles. The van der Waals surface area contributed by atoms with Gasteiger partial charge in [-0.05, 0) is 70.9 Å². The maximum atomic E-state index is 12.3. The van der Waals surface area contributed by atoms with Gasteiger partial charge in [-0.3, -0.25) is 4.79 Å². The van der Waals surface area contributed by atoms with Crippen molar-refractivity contribution in [2.24, 2.45) is 0 Å². The molecule has 2 aromatic rings. The summed E-state index contributed by atoms with van der Waals surface area (Å²) in [6.45, 7) is 6.17. The van der Waals surface area contributed by atoms with Gasteiger partial charge >= 0.3 is 0 Å². The molecule has 0 aliphatic rings. The number of hydrogen-bond donors (Lipinski definition) is 1. The normalized spacial score (nSPS) is 10.0. The molecular formula is C18H18BrNO3. The first-order valence-electron chi connectivity index (χ1n) is 7.01. The Hall–Kier alpha value is -2.27. The second-order valence-electron chi connectivity index (χ2n) is 5.07. The van der Waals surface area contributed by atoms with Crippen LogP contribution in [0.2, 0.25) is 0 Å². The first-order valence-corrected chi connectivity index (χ1v) is 7.81. The van der Waals surface area contributed by atoms with Crippen LogP contribution < -0.4 is 14.8 Å². The van der Waals surface area contributed by atoms with Gasteiger partial charge in [0.2, 0.25) is 0 Å². The maximum Gasteiger partial charge on any atom is 0.255 e. The van der Waals surface area contributed by atoms with Crippen molar-refractivity contribution < 1.29 is 14.3 Å². The fourth-order valence-corrected chi connectivity index (χ4v) is 2.39. The lowest BCUT2D eigenvalue weighted by atomic mass is 10.2. The highest BCUT2D eigenvalue weighted by atomic mass is 79.9. The van der Waals surface area contributed by atoms with Crippen LogP contribution in [0.25, 0.3) is 0 Å².